The van der Waals surface area contributed by atoms with E-state index in [2.05, 4.69) is 10.6 Å². The molecule has 0 bridgehead atoms. The number of amides is 2. The van der Waals surface area contributed by atoms with Crippen molar-refractivity contribution in [2.75, 3.05) is 13.1 Å². The number of nitrogens with one attached hydrogen (secondary N) is 2. The van der Waals surface area contributed by atoms with Crippen molar-refractivity contribution >= 4 is 17.5 Å². The van der Waals surface area contributed by atoms with Crippen molar-refractivity contribution < 1.29 is 18.9 Å². The van der Waals surface area contributed by atoms with Crippen LogP contribution in [0.15, 0.2) is 47.1 Å². The van der Waals surface area contributed by atoms with Gasteiger partial charge in [0.25, 0.3) is 11.6 Å². The van der Waals surface area contributed by atoms with Crippen LogP contribution in [0, 0.1) is 10.1 Å². The van der Waals surface area contributed by atoms with Crippen molar-refractivity contribution in [1.82, 2.24) is 10.6 Å². The van der Waals surface area contributed by atoms with Gasteiger partial charge in [0, 0.05) is 25.2 Å². The quantitative estimate of drug-likeness (QED) is 0.453. The number of nitro groups is 1. The van der Waals surface area contributed by atoms with Crippen molar-refractivity contribution in [2.45, 2.75) is 6.42 Å². The molecule has 1 heterocycles. The number of carbonyl (C=O) groups is 2. The fourth-order valence-electron chi connectivity index (χ4n) is 1.86. The van der Waals surface area contributed by atoms with Crippen LogP contribution in [-0.4, -0.2) is 29.8 Å². The number of non-ortho nitro benzene ring substituents is 1. The Morgan fingerprint density at radius 3 is 2.39 bits per heavy atom. The molecule has 0 atom stereocenters. The van der Waals surface area contributed by atoms with Crippen LogP contribution in [0.3, 0.4) is 0 Å². The number of nitrogens with zero attached hydrogens (tertiary/aromatic N) is 1. The summed E-state index contributed by atoms with van der Waals surface area (Å²) in [5.41, 5.74) is 0.655. The molecule has 8 nitrogen and oxygen atoms in total. The van der Waals surface area contributed by atoms with Gasteiger partial charge in [-0.15, -0.1) is 0 Å². The Bertz CT molecular complexity index is 680. The van der Waals surface area contributed by atoms with Gasteiger partial charge >= 0.3 is 0 Å². The number of furan rings is 1. The van der Waals surface area contributed by atoms with Crippen molar-refractivity contribution in [2.24, 2.45) is 0 Å². The minimum Gasteiger partial charge on any atom is -0.459 e. The third-order valence-corrected chi connectivity index (χ3v) is 2.99. The Labute approximate surface area is 131 Å². The second kappa shape index (κ2) is 7.74. The summed E-state index contributed by atoms with van der Waals surface area (Å²) in [6, 6.07) is 8.94. The third-order valence-electron chi connectivity index (χ3n) is 2.99. The Balaban J connectivity index is 1.69. The van der Waals surface area contributed by atoms with E-state index in [1.165, 1.54) is 30.5 Å². The van der Waals surface area contributed by atoms with E-state index in [4.69, 9.17) is 4.42 Å². The second-order valence-corrected chi connectivity index (χ2v) is 4.68. The first-order valence-corrected chi connectivity index (χ1v) is 6.88. The minimum absolute atomic E-state index is 0.0187. The van der Waals surface area contributed by atoms with Gasteiger partial charge in [0.2, 0.25) is 5.91 Å². The molecule has 0 fully saturated rings. The molecule has 0 saturated carbocycles. The molecule has 2 aromatic rings. The summed E-state index contributed by atoms with van der Waals surface area (Å²) in [4.78, 5) is 33.3. The third kappa shape index (κ3) is 4.95. The zero-order chi connectivity index (χ0) is 16.7. The number of benzene rings is 1. The molecule has 0 radical (unpaired) electrons. The molecule has 2 rings (SSSR count). The first-order valence-electron chi connectivity index (χ1n) is 6.88. The first-order chi connectivity index (χ1) is 11.1. The highest BCUT2D eigenvalue weighted by molar-refractivity contribution is 5.91. The Morgan fingerprint density at radius 1 is 1.09 bits per heavy atom. The van der Waals surface area contributed by atoms with Crippen LogP contribution < -0.4 is 10.6 Å². The van der Waals surface area contributed by atoms with Crippen molar-refractivity contribution in [1.29, 1.82) is 0 Å². The molecule has 0 spiro atoms. The van der Waals surface area contributed by atoms with Crippen LogP contribution in [0.2, 0.25) is 0 Å². The van der Waals surface area contributed by atoms with E-state index in [-0.39, 0.29) is 42.8 Å². The molecule has 1 aromatic carbocycles. The van der Waals surface area contributed by atoms with Crippen molar-refractivity contribution in [3.8, 4) is 0 Å². The molecule has 120 valence electrons. The largest absolute Gasteiger partial charge is 0.459 e. The van der Waals surface area contributed by atoms with Gasteiger partial charge in [-0.05, 0) is 17.7 Å². The Kier molecular flexibility index (Phi) is 5.45. The van der Waals surface area contributed by atoms with Crippen molar-refractivity contribution in [3.63, 3.8) is 0 Å². The highest BCUT2D eigenvalue weighted by atomic mass is 16.6. The summed E-state index contributed by atoms with van der Waals surface area (Å²) in [6.07, 6.45) is 1.52. The monoisotopic (exact) mass is 317 g/mol. The summed E-state index contributed by atoms with van der Waals surface area (Å²) in [6.45, 7) is 0.545. The van der Waals surface area contributed by atoms with Crippen molar-refractivity contribution in [3.05, 3.63) is 64.1 Å². The number of carbonyl (C=O) groups excluding carboxylic acids is 2. The first kappa shape index (κ1) is 16.2. The predicted molar refractivity (Wildman–Crippen MR) is 80.9 cm³/mol. The molecule has 8 heteroatoms. The number of nitro benzene ring substituents is 1. The zero-order valence-electron chi connectivity index (χ0n) is 12.2. The van der Waals surface area contributed by atoms with Gasteiger partial charge in [0.05, 0.1) is 17.6 Å². The van der Waals surface area contributed by atoms with E-state index in [0.29, 0.717) is 5.56 Å². The van der Waals surface area contributed by atoms with Gasteiger partial charge in [-0.25, -0.2) is 0 Å². The summed E-state index contributed by atoms with van der Waals surface area (Å²) in [5.74, 6) is -0.368. The lowest BCUT2D eigenvalue weighted by molar-refractivity contribution is -0.384. The maximum absolute atomic E-state index is 11.7. The van der Waals surface area contributed by atoms with Gasteiger partial charge in [-0.2, -0.15) is 0 Å². The summed E-state index contributed by atoms with van der Waals surface area (Å²) in [7, 11) is 0. The smallest absolute Gasteiger partial charge is 0.287 e. The fraction of sp³-hybridized carbons (Fsp3) is 0.200. The topological polar surface area (TPSA) is 114 Å². The maximum Gasteiger partial charge on any atom is 0.287 e. The maximum atomic E-state index is 11.7. The summed E-state index contributed by atoms with van der Waals surface area (Å²) >= 11 is 0. The van der Waals surface area contributed by atoms with Crippen LogP contribution in [0.25, 0.3) is 0 Å². The molecule has 0 unspecified atom stereocenters. The van der Waals surface area contributed by atoms with E-state index in [9.17, 15) is 19.7 Å². The molecule has 0 aliphatic rings. The van der Waals surface area contributed by atoms with Gasteiger partial charge in [0.1, 0.15) is 0 Å². The van der Waals surface area contributed by atoms with Gasteiger partial charge < -0.3 is 15.1 Å². The van der Waals surface area contributed by atoms with E-state index < -0.39 is 4.92 Å². The Morgan fingerprint density at radius 2 is 1.78 bits per heavy atom. The lowest BCUT2D eigenvalue weighted by Gasteiger charge is -2.06. The average molecular weight is 317 g/mol. The van der Waals surface area contributed by atoms with Gasteiger partial charge in [-0.3, -0.25) is 19.7 Å². The lowest BCUT2D eigenvalue weighted by Crippen LogP contribution is -2.35. The molecular formula is C15H15N3O5. The second-order valence-electron chi connectivity index (χ2n) is 4.68. The van der Waals surface area contributed by atoms with Crippen LogP contribution in [0.4, 0.5) is 5.69 Å². The summed E-state index contributed by atoms with van der Waals surface area (Å²) in [5, 5.41) is 15.8. The lowest BCUT2D eigenvalue weighted by atomic mass is 10.1. The SMILES string of the molecule is O=C(Cc1ccc([N+](=O)[O-])cc1)NCCNC(=O)c1ccco1. The standard InChI is InChI=1S/C15H15N3O5/c19-14(10-11-3-5-12(6-4-11)18(21)22)16-7-8-17-15(20)13-2-1-9-23-13/h1-6,9H,7-8,10H2,(H,16,19)(H,17,20). The molecule has 23 heavy (non-hydrogen) atoms. The highest BCUT2D eigenvalue weighted by Gasteiger charge is 2.09. The van der Waals surface area contributed by atoms with E-state index in [1.807, 2.05) is 0 Å². The molecule has 2 N–H and O–H groups in total. The fourth-order valence-corrected chi connectivity index (χ4v) is 1.86. The van der Waals surface area contributed by atoms with Crippen LogP contribution in [-0.2, 0) is 11.2 Å². The van der Waals surface area contributed by atoms with Gasteiger partial charge in [0.15, 0.2) is 5.76 Å². The van der Waals surface area contributed by atoms with Crippen LogP contribution >= 0.6 is 0 Å². The number of hydrogen-bond donors (Lipinski definition) is 2. The van der Waals surface area contributed by atoms with E-state index in [1.54, 1.807) is 12.1 Å². The summed E-state index contributed by atoms with van der Waals surface area (Å²) < 4.78 is 4.93. The average Bonchev–Trinajstić information content (AvgIpc) is 3.06. The normalized spacial score (nSPS) is 10.1. The highest BCUT2D eigenvalue weighted by Crippen LogP contribution is 2.12. The Hall–Kier alpha value is -3.16. The molecule has 0 aliphatic heterocycles. The van der Waals surface area contributed by atoms with Crippen LogP contribution in [0.1, 0.15) is 16.1 Å². The molecule has 2 amide bonds. The van der Waals surface area contributed by atoms with E-state index in [0.717, 1.165) is 0 Å². The molecule has 1 aromatic heterocycles. The molecule has 0 aliphatic carbocycles. The number of rotatable bonds is 7. The minimum atomic E-state index is -0.494. The predicted octanol–water partition coefficient (Wildman–Crippen LogP) is 1.28. The zero-order valence-corrected chi connectivity index (χ0v) is 12.2. The van der Waals surface area contributed by atoms with E-state index >= 15 is 0 Å². The van der Waals surface area contributed by atoms with Crippen LogP contribution in [0.5, 0.6) is 0 Å². The number of hydrogen-bond acceptors (Lipinski definition) is 5. The van der Waals surface area contributed by atoms with Gasteiger partial charge in [-0.1, -0.05) is 12.1 Å². The molecular weight excluding hydrogens is 302 g/mol. The molecule has 0 saturated heterocycles.